The highest BCUT2D eigenvalue weighted by atomic mass is 16.3. The van der Waals surface area contributed by atoms with Crippen molar-refractivity contribution in [2.24, 2.45) is 46.3 Å². The lowest BCUT2D eigenvalue weighted by molar-refractivity contribution is -0.0571. The number of rotatable bonds is 5. The fourth-order valence-corrected chi connectivity index (χ4v) is 8.98. The molecule has 0 saturated heterocycles. The highest BCUT2D eigenvalue weighted by Crippen LogP contribution is 2.67. The largest absolute Gasteiger partial charge is 0.393 e. The minimum atomic E-state index is -0.0839. The van der Waals surface area contributed by atoms with Crippen molar-refractivity contribution in [2.75, 3.05) is 0 Å². The van der Waals surface area contributed by atoms with Crippen molar-refractivity contribution in [1.29, 1.82) is 0 Å². The van der Waals surface area contributed by atoms with E-state index in [1.807, 2.05) is 0 Å². The van der Waals surface area contributed by atoms with Gasteiger partial charge in [-0.1, -0.05) is 57.9 Å². The van der Waals surface area contributed by atoms with Crippen molar-refractivity contribution in [2.45, 2.75) is 112 Å². The van der Waals surface area contributed by atoms with Crippen molar-refractivity contribution in [3.8, 4) is 0 Å². The summed E-state index contributed by atoms with van der Waals surface area (Å²) in [6.07, 6.45) is 17.8. The Hall–Kier alpha value is -0.560. The van der Waals surface area contributed by atoms with Crippen LogP contribution in [0, 0.1) is 46.3 Å². The summed E-state index contributed by atoms with van der Waals surface area (Å²) in [7, 11) is 0. The second kappa shape index (κ2) is 8.42. The number of fused-ring (bicyclic) bond motifs is 5. The number of allylic oxidation sites excluding steroid dienone is 3. The SMILES string of the molecule is C/C=C(\CC[C@@H](C)[C@@H]1CC[C@@H]2[C@H]3CC=C4C[C@@H](O)CC[C@]4(C)[C@H]3CC[C@@]21C)C(C)C. The van der Waals surface area contributed by atoms with Crippen molar-refractivity contribution < 1.29 is 5.11 Å². The van der Waals surface area contributed by atoms with Crippen LogP contribution in [0.2, 0.25) is 0 Å². The molecule has 3 saturated carbocycles. The van der Waals surface area contributed by atoms with E-state index in [1.54, 1.807) is 11.1 Å². The van der Waals surface area contributed by atoms with Gasteiger partial charge in [0.25, 0.3) is 0 Å². The number of aliphatic hydroxyl groups is 1. The minimum Gasteiger partial charge on any atom is -0.393 e. The maximum absolute atomic E-state index is 10.2. The van der Waals surface area contributed by atoms with E-state index in [0.29, 0.717) is 16.7 Å². The maximum atomic E-state index is 10.2. The summed E-state index contributed by atoms with van der Waals surface area (Å²) in [4.78, 5) is 0. The predicted molar refractivity (Wildman–Crippen MR) is 128 cm³/mol. The third-order valence-electron chi connectivity index (χ3n) is 10.8. The zero-order chi connectivity index (χ0) is 21.7. The van der Waals surface area contributed by atoms with Gasteiger partial charge in [-0.05, 0) is 117 Å². The maximum Gasteiger partial charge on any atom is 0.0577 e. The van der Waals surface area contributed by atoms with Crippen molar-refractivity contribution in [3.63, 3.8) is 0 Å². The van der Waals surface area contributed by atoms with Crippen LogP contribution >= 0.6 is 0 Å². The van der Waals surface area contributed by atoms with Crippen LogP contribution < -0.4 is 0 Å². The Morgan fingerprint density at radius 1 is 1.10 bits per heavy atom. The van der Waals surface area contributed by atoms with E-state index >= 15 is 0 Å². The summed E-state index contributed by atoms with van der Waals surface area (Å²) in [6.45, 7) is 14.7. The molecule has 0 aromatic heterocycles. The summed E-state index contributed by atoms with van der Waals surface area (Å²) in [6, 6.07) is 0. The fourth-order valence-electron chi connectivity index (χ4n) is 8.98. The first-order valence-corrected chi connectivity index (χ1v) is 13.2. The fraction of sp³-hybridized carbons (Fsp3) is 0.862. The molecule has 1 nitrogen and oxygen atoms in total. The standard InChI is InChI=1S/C29H48O/c1-7-21(19(2)3)9-8-20(4)25-12-13-26-24-11-10-22-18-23(30)14-16-28(22,5)27(24)15-17-29(25,26)6/h7,10,19-20,23-27,30H,8-9,11-18H2,1-6H3/b21-7+/t20-,23+,24-,25+,26-,27+,28+,29-/m1/s1. The first kappa shape index (κ1) is 22.6. The summed E-state index contributed by atoms with van der Waals surface area (Å²) >= 11 is 0. The third-order valence-corrected chi connectivity index (χ3v) is 10.8. The molecule has 0 radical (unpaired) electrons. The lowest BCUT2D eigenvalue weighted by Crippen LogP contribution is -2.50. The van der Waals surface area contributed by atoms with E-state index in [-0.39, 0.29) is 6.10 Å². The Bertz CT molecular complexity index is 686. The van der Waals surface area contributed by atoms with Gasteiger partial charge in [0.1, 0.15) is 0 Å². The van der Waals surface area contributed by atoms with Gasteiger partial charge in [-0.2, -0.15) is 0 Å². The van der Waals surface area contributed by atoms with E-state index in [2.05, 4.69) is 53.7 Å². The summed E-state index contributed by atoms with van der Waals surface area (Å²) < 4.78 is 0. The molecule has 0 aromatic rings. The van der Waals surface area contributed by atoms with Crippen LogP contribution in [0.5, 0.6) is 0 Å². The van der Waals surface area contributed by atoms with Gasteiger partial charge in [0, 0.05) is 0 Å². The van der Waals surface area contributed by atoms with Gasteiger partial charge in [-0.25, -0.2) is 0 Å². The molecule has 0 aliphatic heterocycles. The normalized spacial score (nSPS) is 44.9. The summed E-state index contributed by atoms with van der Waals surface area (Å²) in [5, 5.41) is 10.2. The van der Waals surface area contributed by atoms with Crippen LogP contribution in [-0.2, 0) is 0 Å². The molecule has 3 fully saturated rings. The Morgan fingerprint density at radius 2 is 1.87 bits per heavy atom. The molecule has 4 aliphatic carbocycles. The summed E-state index contributed by atoms with van der Waals surface area (Å²) in [5.74, 6) is 5.15. The molecule has 8 atom stereocenters. The second-order valence-electron chi connectivity index (χ2n) is 12.4. The molecule has 4 rings (SSSR count). The van der Waals surface area contributed by atoms with E-state index in [4.69, 9.17) is 0 Å². The van der Waals surface area contributed by atoms with Gasteiger partial charge >= 0.3 is 0 Å². The van der Waals surface area contributed by atoms with Gasteiger partial charge < -0.3 is 5.11 Å². The van der Waals surface area contributed by atoms with Crippen molar-refractivity contribution >= 4 is 0 Å². The molecular weight excluding hydrogens is 364 g/mol. The quantitative estimate of drug-likeness (QED) is 0.454. The van der Waals surface area contributed by atoms with E-state index < -0.39 is 0 Å². The van der Waals surface area contributed by atoms with Crippen molar-refractivity contribution in [3.05, 3.63) is 23.3 Å². The number of hydrogen-bond donors (Lipinski definition) is 1. The lowest BCUT2D eigenvalue weighted by Gasteiger charge is -2.58. The number of hydrogen-bond acceptors (Lipinski definition) is 1. The average Bonchev–Trinajstić information content (AvgIpc) is 3.06. The Balaban J connectivity index is 1.49. The minimum absolute atomic E-state index is 0.0839. The van der Waals surface area contributed by atoms with E-state index in [1.165, 1.54) is 51.4 Å². The zero-order valence-corrected chi connectivity index (χ0v) is 20.7. The first-order chi connectivity index (χ1) is 14.2. The van der Waals surface area contributed by atoms with E-state index in [0.717, 1.165) is 42.4 Å². The molecule has 0 amide bonds. The Labute approximate surface area is 186 Å². The van der Waals surface area contributed by atoms with Crippen molar-refractivity contribution in [1.82, 2.24) is 0 Å². The van der Waals surface area contributed by atoms with E-state index in [9.17, 15) is 5.11 Å². The average molecular weight is 413 g/mol. The third kappa shape index (κ3) is 3.66. The van der Waals surface area contributed by atoms with Gasteiger partial charge in [0.05, 0.1) is 6.10 Å². The first-order valence-electron chi connectivity index (χ1n) is 13.2. The van der Waals surface area contributed by atoms with Crippen LogP contribution in [0.3, 0.4) is 0 Å². The molecule has 1 heteroatoms. The highest BCUT2D eigenvalue weighted by molar-refractivity contribution is 5.25. The topological polar surface area (TPSA) is 20.2 Å². The van der Waals surface area contributed by atoms with Gasteiger partial charge in [0.15, 0.2) is 0 Å². The highest BCUT2D eigenvalue weighted by Gasteiger charge is 2.59. The smallest absolute Gasteiger partial charge is 0.0577 e. The van der Waals surface area contributed by atoms with Gasteiger partial charge in [0.2, 0.25) is 0 Å². The molecule has 0 bridgehead atoms. The molecule has 1 N–H and O–H groups in total. The Kier molecular flexibility index (Phi) is 6.35. The summed E-state index contributed by atoms with van der Waals surface area (Å²) in [5.41, 5.74) is 4.21. The number of aliphatic hydroxyl groups excluding tert-OH is 1. The van der Waals surface area contributed by atoms with Crippen LogP contribution in [0.25, 0.3) is 0 Å². The monoisotopic (exact) mass is 412 g/mol. The second-order valence-corrected chi connectivity index (χ2v) is 12.4. The zero-order valence-electron chi connectivity index (χ0n) is 20.7. The molecule has 170 valence electrons. The molecule has 4 aliphatic rings. The molecule has 0 unspecified atom stereocenters. The predicted octanol–water partition coefficient (Wildman–Crippen LogP) is 7.94. The van der Waals surface area contributed by atoms with Crippen LogP contribution in [0.4, 0.5) is 0 Å². The molecule has 0 heterocycles. The van der Waals surface area contributed by atoms with Crippen LogP contribution in [-0.4, -0.2) is 11.2 Å². The Morgan fingerprint density at radius 3 is 2.57 bits per heavy atom. The van der Waals surface area contributed by atoms with Gasteiger partial charge in [-0.3, -0.25) is 0 Å². The molecular formula is C29H48O. The van der Waals surface area contributed by atoms with Crippen LogP contribution in [0.15, 0.2) is 23.3 Å². The van der Waals surface area contributed by atoms with Crippen LogP contribution in [0.1, 0.15) is 106 Å². The van der Waals surface area contributed by atoms with Gasteiger partial charge in [-0.15, -0.1) is 0 Å². The lowest BCUT2D eigenvalue weighted by atomic mass is 9.47. The molecule has 0 spiro atoms. The molecule has 0 aromatic carbocycles. The molecule has 30 heavy (non-hydrogen) atoms.